The zero-order valence-electron chi connectivity index (χ0n) is 9.86. The molecule has 0 aliphatic heterocycles. The molecule has 4 nitrogen and oxygen atoms in total. The third-order valence-corrected chi connectivity index (χ3v) is 6.01. The van der Waals surface area contributed by atoms with E-state index in [1.807, 2.05) is 4.72 Å². The number of nitrogens with two attached hydrogens (primary N) is 1. The Balaban J connectivity index is 2.40. The van der Waals surface area contributed by atoms with Crippen molar-refractivity contribution >= 4 is 43.0 Å². The Hall–Kier alpha value is -1.03. The number of nitrogens with one attached hydrogen (secondary N) is 1. The molecule has 2 aromatic rings. The Kier molecular flexibility index (Phi) is 4.43. The SMILES string of the molecule is NCc1cc(S(=O)(=O)Nc2cc(F)ccc2F)c(Br)s1. The lowest BCUT2D eigenvalue weighted by atomic mass is 10.3. The van der Waals surface area contributed by atoms with Crippen LogP contribution in [0.3, 0.4) is 0 Å². The first-order chi connectivity index (χ1) is 9.33. The molecule has 0 aliphatic carbocycles. The average Bonchev–Trinajstić information content (AvgIpc) is 2.76. The Morgan fingerprint density at radius 2 is 2.00 bits per heavy atom. The van der Waals surface area contributed by atoms with Crippen LogP contribution in [0.15, 0.2) is 32.9 Å². The van der Waals surface area contributed by atoms with Gasteiger partial charge >= 0.3 is 0 Å². The first-order valence-corrected chi connectivity index (χ1v) is 8.39. The minimum atomic E-state index is -4.02. The summed E-state index contributed by atoms with van der Waals surface area (Å²) in [6, 6.07) is 3.91. The van der Waals surface area contributed by atoms with Gasteiger partial charge in [0.05, 0.1) is 9.47 Å². The van der Waals surface area contributed by atoms with Gasteiger partial charge in [-0.05, 0) is 34.1 Å². The molecule has 0 amide bonds. The predicted octanol–water partition coefficient (Wildman–Crippen LogP) is 3.05. The zero-order chi connectivity index (χ0) is 14.9. The van der Waals surface area contributed by atoms with Crippen molar-refractivity contribution in [3.63, 3.8) is 0 Å². The second kappa shape index (κ2) is 5.76. The molecule has 0 unspecified atom stereocenters. The van der Waals surface area contributed by atoms with E-state index in [4.69, 9.17) is 5.73 Å². The molecule has 0 fully saturated rings. The number of sulfonamides is 1. The summed E-state index contributed by atoms with van der Waals surface area (Å²) in [5.74, 6) is -1.60. The molecule has 1 aromatic carbocycles. The number of hydrogen-bond donors (Lipinski definition) is 2. The van der Waals surface area contributed by atoms with Crippen LogP contribution in [0.25, 0.3) is 0 Å². The fourth-order valence-electron chi connectivity index (χ4n) is 1.46. The van der Waals surface area contributed by atoms with Crippen LogP contribution < -0.4 is 10.5 Å². The molecule has 0 aliphatic rings. The molecule has 0 saturated carbocycles. The first-order valence-electron chi connectivity index (χ1n) is 5.29. The van der Waals surface area contributed by atoms with Gasteiger partial charge in [0.2, 0.25) is 0 Å². The van der Waals surface area contributed by atoms with Gasteiger partial charge in [-0.15, -0.1) is 11.3 Å². The topological polar surface area (TPSA) is 72.2 Å². The van der Waals surface area contributed by atoms with E-state index in [2.05, 4.69) is 15.9 Å². The third kappa shape index (κ3) is 3.17. The molecule has 108 valence electrons. The maximum atomic E-state index is 13.5. The van der Waals surface area contributed by atoms with Crippen molar-refractivity contribution < 1.29 is 17.2 Å². The number of halogens is 3. The van der Waals surface area contributed by atoms with E-state index < -0.39 is 27.3 Å². The van der Waals surface area contributed by atoms with Crippen LogP contribution in [0.2, 0.25) is 0 Å². The van der Waals surface area contributed by atoms with Gasteiger partial charge in [0.15, 0.2) is 0 Å². The molecular weight excluding hydrogens is 374 g/mol. The second-order valence-corrected chi connectivity index (χ2v) is 7.89. The zero-order valence-corrected chi connectivity index (χ0v) is 13.1. The smallest absolute Gasteiger partial charge is 0.263 e. The van der Waals surface area contributed by atoms with Crippen LogP contribution in [0.5, 0.6) is 0 Å². The van der Waals surface area contributed by atoms with Crippen LogP contribution in [0, 0.1) is 11.6 Å². The van der Waals surface area contributed by atoms with Crippen LogP contribution in [-0.4, -0.2) is 8.42 Å². The maximum absolute atomic E-state index is 13.5. The van der Waals surface area contributed by atoms with Gasteiger partial charge in [0, 0.05) is 17.5 Å². The van der Waals surface area contributed by atoms with Crippen molar-refractivity contribution in [2.24, 2.45) is 5.73 Å². The lowest BCUT2D eigenvalue weighted by Gasteiger charge is -2.08. The van der Waals surface area contributed by atoms with Crippen LogP contribution in [-0.2, 0) is 16.6 Å². The molecule has 0 atom stereocenters. The molecule has 3 N–H and O–H groups in total. The molecule has 1 heterocycles. The number of thiophene rings is 1. The number of rotatable bonds is 4. The highest BCUT2D eigenvalue weighted by atomic mass is 79.9. The van der Waals surface area contributed by atoms with E-state index in [-0.39, 0.29) is 11.4 Å². The van der Waals surface area contributed by atoms with Gasteiger partial charge in [-0.25, -0.2) is 17.2 Å². The molecular formula is C11H9BrF2N2O2S2. The van der Waals surface area contributed by atoms with Gasteiger partial charge in [-0.1, -0.05) is 0 Å². The molecule has 9 heteroatoms. The van der Waals surface area contributed by atoms with E-state index in [0.717, 1.165) is 29.5 Å². The predicted molar refractivity (Wildman–Crippen MR) is 77.1 cm³/mol. The van der Waals surface area contributed by atoms with Crippen LogP contribution >= 0.6 is 27.3 Å². The lowest BCUT2D eigenvalue weighted by molar-refractivity contribution is 0.594. The Labute approximate surface area is 126 Å². The van der Waals surface area contributed by atoms with E-state index in [1.165, 1.54) is 6.07 Å². The summed E-state index contributed by atoms with van der Waals surface area (Å²) in [5.41, 5.74) is 4.99. The van der Waals surface area contributed by atoms with Gasteiger partial charge in [0.1, 0.15) is 16.5 Å². The highest BCUT2D eigenvalue weighted by Crippen LogP contribution is 2.33. The second-order valence-electron chi connectivity index (χ2n) is 3.78. The monoisotopic (exact) mass is 382 g/mol. The van der Waals surface area contributed by atoms with Crippen LogP contribution in [0.4, 0.5) is 14.5 Å². The Morgan fingerprint density at radius 3 is 2.60 bits per heavy atom. The molecule has 1 aromatic heterocycles. The summed E-state index contributed by atoms with van der Waals surface area (Å²) in [7, 11) is -4.02. The summed E-state index contributed by atoms with van der Waals surface area (Å²) in [5, 5.41) is 0. The van der Waals surface area contributed by atoms with Gasteiger partial charge in [0.25, 0.3) is 10.0 Å². The minimum absolute atomic E-state index is 0.0633. The standard InChI is InChI=1S/C11H9BrF2N2O2S2/c12-11-10(4-7(5-15)19-11)20(17,18)16-9-3-6(13)1-2-8(9)14/h1-4,16H,5,15H2. The highest BCUT2D eigenvalue weighted by Gasteiger charge is 2.22. The van der Waals surface area contributed by atoms with E-state index >= 15 is 0 Å². The minimum Gasteiger partial charge on any atom is -0.326 e. The van der Waals surface area contributed by atoms with Crippen molar-refractivity contribution in [3.8, 4) is 0 Å². The Bertz CT molecular complexity index is 747. The van der Waals surface area contributed by atoms with Crippen molar-refractivity contribution in [1.29, 1.82) is 0 Å². The largest absolute Gasteiger partial charge is 0.326 e. The maximum Gasteiger partial charge on any atom is 0.263 e. The Morgan fingerprint density at radius 1 is 1.30 bits per heavy atom. The molecule has 0 bridgehead atoms. The van der Waals surface area contributed by atoms with E-state index in [1.54, 1.807) is 0 Å². The summed E-state index contributed by atoms with van der Waals surface area (Å²) in [6.45, 7) is 0.188. The molecule has 0 saturated heterocycles. The lowest BCUT2D eigenvalue weighted by Crippen LogP contribution is -2.14. The molecule has 0 spiro atoms. The summed E-state index contributed by atoms with van der Waals surface area (Å²) >= 11 is 4.28. The summed E-state index contributed by atoms with van der Waals surface area (Å²) in [4.78, 5) is 0.587. The van der Waals surface area contributed by atoms with Gasteiger partial charge in [-0.2, -0.15) is 0 Å². The molecule has 0 radical (unpaired) electrons. The summed E-state index contributed by atoms with van der Waals surface area (Å²) in [6.07, 6.45) is 0. The van der Waals surface area contributed by atoms with E-state index in [0.29, 0.717) is 8.66 Å². The van der Waals surface area contributed by atoms with Gasteiger partial charge < -0.3 is 5.73 Å². The van der Waals surface area contributed by atoms with Crippen molar-refractivity contribution in [2.45, 2.75) is 11.4 Å². The van der Waals surface area contributed by atoms with Crippen molar-refractivity contribution in [3.05, 3.63) is 44.6 Å². The summed E-state index contributed by atoms with van der Waals surface area (Å²) < 4.78 is 53.2. The van der Waals surface area contributed by atoms with E-state index in [9.17, 15) is 17.2 Å². The van der Waals surface area contributed by atoms with Crippen molar-refractivity contribution in [2.75, 3.05) is 4.72 Å². The molecule has 20 heavy (non-hydrogen) atoms. The number of anilines is 1. The fraction of sp³-hybridized carbons (Fsp3) is 0.0909. The number of hydrogen-bond acceptors (Lipinski definition) is 4. The average molecular weight is 383 g/mol. The quantitative estimate of drug-likeness (QED) is 0.853. The van der Waals surface area contributed by atoms with Crippen molar-refractivity contribution in [1.82, 2.24) is 0 Å². The number of benzene rings is 1. The highest BCUT2D eigenvalue weighted by molar-refractivity contribution is 9.11. The van der Waals surface area contributed by atoms with Gasteiger partial charge in [-0.3, -0.25) is 4.72 Å². The normalized spacial score (nSPS) is 11.6. The first kappa shape index (κ1) is 15.4. The van der Waals surface area contributed by atoms with Crippen LogP contribution in [0.1, 0.15) is 4.88 Å². The third-order valence-electron chi connectivity index (χ3n) is 2.37. The molecule has 2 rings (SSSR count). The fourth-order valence-corrected chi connectivity index (χ4v) is 5.08.